The zero-order chi connectivity index (χ0) is 15.2. The Balaban J connectivity index is 2.25. The first-order valence-electron chi connectivity index (χ1n) is 6.72. The van der Waals surface area contributed by atoms with Crippen LogP contribution in [0.25, 0.3) is 0 Å². The average Bonchev–Trinajstić information content (AvgIpc) is 2.45. The Morgan fingerprint density at radius 2 is 1.71 bits per heavy atom. The Kier molecular flexibility index (Phi) is 6.55. The molecule has 0 fully saturated rings. The van der Waals surface area contributed by atoms with E-state index in [0.29, 0.717) is 10.8 Å². The van der Waals surface area contributed by atoms with Gasteiger partial charge in [0.25, 0.3) is 0 Å². The highest BCUT2D eigenvalue weighted by Gasteiger charge is 2.09. The maximum Gasteiger partial charge on any atom is 0.147 e. The van der Waals surface area contributed by atoms with Crippen molar-refractivity contribution in [2.24, 2.45) is 0 Å². The Morgan fingerprint density at radius 1 is 1.05 bits per heavy atom. The number of ether oxygens (including phenoxy) is 1. The lowest BCUT2D eigenvalue weighted by atomic mass is 10.2. The molecular weight excluding hydrogens is 417 g/mol. The van der Waals surface area contributed by atoms with Gasteiger partial charge in [0, 0.05) is 21.1 Å². The van der Waals surface area contributed by atoms with E-state index in [9.17, 15) is 0 Å². The highest BCUT2D eigenvalue weighted by Crippen LogP contribution is 2.34. The van der Waals surface area contributed by atoms with Crippen LogP contribution in [0.4, 0.5) is 0 Å². The largest absolute Gasteiger partial charge is 0.455 e. The summed E-state index contributed by atoms with van der Waals surface area (Å²) in [6.45, 7) is 3.89. The van der Waals surface area contributed by atoms with E-state index >= 15 is 0 Å². The topological polar surface area (TPSA) is 21.3 Å². The van der Waals surface area contributed by atoms with Crippen molar-refractivity contribution in [3.05, 3.63) is 55.9 Å². The van der Waals surface area contributed by atoms with Crippen molar-refractivity contribution in [3.63, 3.8) is 0 Å². The summed E-state index contributed by atoms with van der Waals surface area (Å²) in [7, 11) is 0. The normalized spacial score (nSPS) is 10.7. The van der Waals surface area contributed by atoms with Gasteiger partial charge < -0.3 is 10.1 Å². The molecule has 21 heavy (non-hydrogen) atoms. The zero-order valence-corrected chi connectivity index (χ0v) is 15.6. The molecule has 0 radical (unpaired) electrons. The van der Waals surface area contributed by atoms with Crippen LogP contribution in [0.5, 0.6) is 11.5 Å². The van der Waals surface area contributed by atoms with Gasteiger partial charge in [0.2, 0.25) is 0 Å². The van der Waals surface area contributed by atoms with E-state index in [4.69, 9.17) is 16.3 Å². The lowest BCUT2D eigenvalue weighted by Gasteiger charge is -2.13. The molecule has 0 bridgehead atoms. The van der Waals surface area contributed by atoms with Gasteiger partial charge in [-0.15, -0.1) is 0 Å². The maximum atomic E-state index is 6.19. The second-order valence-electron chi connectivity index (χ2n) is 4.61. The van der Waals surface area contributed by atoms with Crippen molar-refractivity contribution in [3.8, 4) is 11.5 Å². The summed E-state index contributed by atoms with van der Waals surface area (Å²) in [5.74, 6) is 1.44. The van der Waals surface area contributed by atoms with Crippen molar-refractivity contribution >= 4 is 43.5 Å². The first-order valence-corrected chi connectivity index (χ1v) is 8.68. The molecule has 0 unspecified atom stereocenters. The molecule has 2 aromatic carbocycles. The van der Waals surface area contributed by atoms with Crippen molar-refractivity contribution in [1.29, 1.82) is 0 Å². The van der Waals surface area contributed by atoms with Gasteiger partial charge >= 0.3 is 0 Å². The number of benzene rings is 2. The molecule has 1 N–H and O–H groups in total. The van der Waals surface area contributed by atoms with Gasteiger partial charge in [0.15, 0.2) is 0 Å². The predicted molar refractivity (Wildman–Crippen MR) is 95.4 cm³/mol. The quantitative estimate of drug-likeness (QED) is 0.551. The summed E-state index contributed by atoms with van der Waals surface area (Å²) in [4.78, 5) is 0. The Bertz CT molecular complexity index is 619. The second kappa shape index (κ2) is 8.18. The van der Waals surface area contributed by atoms with Crippen LogP contribution in [0.1, 0.15) is 18.9 Å². The van der Waals surface area contributed by atoms with Crippen molar-refractivity contribution in [1.82, 2.24) is 5.32 Å². The summed E-state index contributed by atoms with van der Waals surface area (Å²) in [5, 5.41) is 3.97. The van der Waals surface area contributed by atoms with Crippen LogP contribution in [0, 0.1) is 0 Å². The number of nitrogens with one attached hydrogen (secondary N) is 1. The van der Waals surface area contributed by atoms with Gasteiger partial charge in [-0.2, -0.15) is 0 Å². The molecule has 0 heterocycles. The molecule has 0 saturated carbocycles. The van der Waals surface area contributed by atoms with Gasteiger partial charge in [-0.05, 0) is 43.3 Å². The van der Waals surface area contributed by atoms with Crippen LogP contribution in [0.3, 0.4) is 0 Å². The van der Waals surface area contributed by atoms with Gasteiger partial charge in [-0.25, -0.2) is 0 Å². The molecular formula is C16H16Br2ClNO. The van der Waals surface area contributed by atoms with Gasteiger partial charge in [-0.3, -0.25) is 0 Å². The minimum absolute atomic E-state index is 0.589. The van der Waals surface area contributed by atoms with E-state index < -0.39 is 0 Å². The van der Waals surface area contributed by atoms with E-state index in [1.165, 1.54) is 0 Å². The highest BCUT2D eigenvalue weighted by atomic mass is 79.9. The third kappa shape index (κ3) is 4.99. The number of hydrogen-bond acceptors (Lipinski definition) is 2. The SMILES string of the molecule is CCCNCc1ccc(Br)cc1Oc1cc(Br)ccc1Cl. The minimum atomic E-state index is 0.589. The molecule has 2 aromatic rings. The number of hydrogen-bond donors (Lipinski definition) is 1. The molecule has 0 aromatic heterocycles. The number of halogens is 3. The Labute approximate surface area is 147 Å². The van der Waals surface area contributed by atoms with Gasteiger partial charge in [-0.1, -0.05) is 56.5 Å². The predicted octanol–water partition coefficient (Wildman–Crippen LogP) is 6.16. The molecule has 5 heteroatoms. The first kappa shape index (κ1) is 16.8. The zero-order valence-electron chi connectivity index (χ0n) is 11.6. The fourth-order valence-corrected chi connectivity index (χ4v) is 2.68. The molecule has 2 rings (SSSR count). The molecule has 0 aliphatic heterocycles. The summed E-state index contributed by atoms with van der Waals surface area (Å²) < 4.78 is 7.91. The lowest BCUT2D eigenvalue weighted by molar-refractivity contribution is 0.472. The fraction of sp³-hybridized carbons (Fsp3) is 0.250. The van der Waals surface area contributed by atoms with Gasteiger partial charge in [0.1, 0.15) is 11.5 Å². The van der Waals surface area contributed by atoms with Crippen molar-refractivity contribution in [2.75, 3.05) is 6.54 Å². The molecule has 2 nitrogen and oxygen atoms in total. The molecule has 0 aliphatic rings. The molecule has 0 spiro atoms. The van der Waals surface area contributed by atoms with Crippen LogP contribution in [0.2, 0.25) is 5.02 Å². The lowest BCUT2D eigenvalue weighted by Crippen LogP contribution is -2.14. The van der Waals surface area contributed by atoms with E-state index in [1.54, 1.807) is 0 Å². The first-order chi connectivity index (χ1) is 10.1. The second-order valence-corrected chi connectivity index (χ2v) is 6.84. The summed E-state index contributed by atoms with van der Waals surface area (Å²) in [6, 6.07) is 11.6. The third-order valence-electron chi connectivity index (χ3n) is 2.88. The monoisotopic (exact) mass is 431 g/mol. The van der Waals surface area contributed by atoms with E-state index in [-0.39, 0.29) is 0 Å². The molecule has 0 atom stereocenters. The van der Waals surface area contributed by atoms with Crippen LogP contribution < -0.4 is 10.1 Å². The summed E-state index contributed by atoms with van der Waals surface area (Å²) >= 11 is 13.1. The van der Waals surface area contributed by atoms with E-state index in [0.717, 1.165) is 39.8 Å². The standard InChI is InChI=1S/C16H16Br2ClNO/c1-2-7-20-10-11-3-4-12(17)8-15(11)21-16-9-13(18)5-6-14(16)19/h3-6,8-9,20H,2,7,10H2,1H3. The van der Waals surface area contributed by atoms with Crippen LogP contribution in [0.15, 0.2) is 45.3 Å². The Morgan fingerprint density at radius 3 is 2.43 bits per heavy atom. The summed E-state index contributed by atoms with van der Waals surface area (Å²) in [5.41, 5.74) is 1.10. The third-order valence-corrected chi connectivity index (χ3v) is 4.18. The molecule has 0 saturated heterocycles. The fourth-order valence-electron chi connectivity index (χ4n) is 1.84. The highest BCUT2D eigenvalue weighted by molar-refractivity contribution is 9.10. The maximum absolute atomic E-state index is 6.19. The van der Waals surface area contributed by atoms with Crippen LogP contribution >= 0.6 is 43.5 Å². The molecule has 0 aliphatic carbocycles. The average molecular weight is 434 g/mol. The summed E-state index contributed by atoms with van der Waals surface area (Å²) in [6.07, 6.45) is 1.10. The van der Waals surface area contributed by atoms with Crippen LogP contribution in [-0.2, 0) is 6.54 Å². The minimum Gasteiger partial charge on any atom is -0.455 e. The smallest absolute Gasteiger partial charge is 0.147 e. The van der Waals surface area contributed by atoms with E-state index in [2.05, 4.69) is 44.1 Å². The number of rotatable bonds is 6. The van der Waals surface area contributed by atoms with Crippen molar-refractivity contribution in [2.45, 2.75) is 19.9 Å². The molecule has 0 amide bonds. The van der Waals surface area contributed by atoms with Crippen molar-refractivity contribution < 1.29 is 4.74 Å². The van der Waals surface area contributed by atoms with Gasteiger partial charge in [0.05, 0.1) is 5.02 Å². The Hall–Kier alpha value is -0.550. The van der Waals surface area contributed by atoms with Crippen LogP contribution in [-0.4, -0.2) is 6.54 Å². The molecule has 112 valence electrons. The van der Waals surface area contributed by atoms with E-state index in [1.807, 2.05) is 36.4 Å².